The van der Waals surface area contributed by atoms with E-state index in [9.17, 15) is 0 Å². The summed E-state index contributed by atoms with van der Waals surface area (Å²) in [5.41, 5.74) is 8.15. The SMILES string of the molecule is Cn1ncc2c(N)nc(NC3CCCN(Cc4ccccc4)C3)nc21. The van der Waals surface area contributed by atoms with E-state index in [-0.39, 0.29) is 0 Å². The van der Waals surface area contributed by atoms with Gasteiger partial charge in [0.2, 0.25) is 5.95 Å². The average Bonchev–Trinajstić information content (AvgIpc) is 2.98. The molecule has 1 aliphatic rings. The second-order valence-corrected chi connectivity index (χ2v) is 6.64. The molecule has 1 saturated heterocycles. The number of aromatic nitrogens is 4. The topological polar surface area (TPSA) is 84.9 Å². The Balaban J connectivity index is 1.46. The van der Waals surface area contributed by atoms with Crippen molar-refractivity contribution < 1.29 is 0 Å². The summed E-state index contributed by atoms with van der Waals surface area (Å²) in [5, 5.41) is 8.46. The molecule has 7 nitrogen and oxygen atoms in total. The molecule has 0 aliphatic carbocycles. The van der Waals surface area contributed by atoms with Gasteiger partial charge in [-0.2, -0.15) is 15.1 Å². The van der Waals surface area contributed by atoms with Gasteiger partial charge < -0.3 is 11.1 Å². The van der Waals surface area contributed by atoms with Crippen LogP contribution in [0.2, 0.25) is 0 Å². The van der Waals surface area contributed by atoms with Gasteiger partial charge in [-0.3, -0.25) is 9.58 Å². The highest BCUT2D eigenvalue weighted by molar-refractivity contribution is 5.86. The lowest BCUT2D eigenvalue weighted by atomic mass is 10.0. The molecule has 7 heteroatoms. The molecule has 0 bridgehead atoms. The van der Waals surface area contributed by atoms with Crippen molar-refractivity contribution in [1.29, 1.82) is 0 Å². The summed E-state index contributed by atoms with van der Waals surface area (Å²) in [6.07, 6.45) is 3.97. The molecule has 3 N–H and O–H groups in total. The number of hydrogen-bond donors (Lipinski definition) is 2. The predicted molar refractivity (Wildman–Crippen MR) is 99.1 cm³/mol. The number of likely N-dealkylation sites (tertiary alicyclic amines) is 1. The second kappa shape index (κ2) is 6.68. The molecular weight excluding hydrogens is 314 g/mol. The van der Waals surface area contributed by atoms with Crippen molar-refractivity contribution in [3.8, 4) is 0 Å². The normalized spacial score (nSPS) is 18.5. The maximum Gasteiger partial charge on any atom is 0.226 e. The molecule has 2 aromatic heterocycles. The number of hydrogen-bond acceptors (Lipinski definition) is 6. The minimum atomic E-state index is 0.322. The highest BCUT2D eigenvalue weighted by atomic mass is 15.3. The highest BCUT2D eigenvalue weighted by Crippen LogP contribution is 2.21. The van der Waals surface area contributed by atoms with Crippen LogP contribution in [-0.4, -0.2) is 43.8 Å². The Labute approximate surface area is 146 Å². The van der Waals surface area contributed by atoms with Crippen LogP contribution in [0.5, 0.6) is 0 Å². The Bertz CT molecular complexity index is 858. The lowest BCUT2D eigenvalue weighted by molar-refractivity contribution is 0.208. The van der Waals surface area contributed by atoms with Crippen molar-refractivity contribution in [2.75, 3.05) is 24.1 Å². The fourth-order valence-corrected chi connectivity index (χ4v) is 3.45. The number of nitrogens with two attached hydrogens (primary N) is 1. The molecule has 1 fully saturated rings. The number of fused-ring (bicyclic) bond motifs is 1. The third-order valence-corrected chi connectivity index (χ3v) is 4.71. The predicted octanol–water partition coefficient (Wildman–Crippen LogP) is 2.02. The van der Waals surface area contributed by atoms with E-state index in [0.29, 0.717) is 17.8 Å². The molecule has 1 aromatic carbocycles. The van der Waals surface area contributed by atoms with Crippen LogP contribution in [-0.2, 0) is 13.6 Å². The first-order valence-electron chi connectivity index (χ1n) is 8.67. The first-order valence-corrected chi connectivity index (χ1v) is 8.67. The van der Waals surface area contributed by atoms with Crippen molar-refractivity contribution >= 4 is 22.8 Å². The molecule has 25 heavy (non-hydrogen) atoms. The molecule has 1 aliphatic heterocycles. The van der Waals surface area contributed by atoms with Gasteiger partial charge >= 0.3 is 0 Å². The van der Waals surface area contributed by atoms with Crippen LogP contribution >= 0.6 is 0 Å². The zero-order chi connectivity index (χ0) is 17.2. The maximum atomic E-state index is 6.05. The van der Waals surface area contributed by atoms with Gasteiger partial charge in [0.25, 0.3) is 0 Å². The van der Waals surface area contributed by atoms with E-state index < -0.39 is 0 Å². The number of nitrogens with one attached hydrogen (secondary N) is 1. The van der Waals surface area contributed by atoms with Crippen molar-refractivity contribution in [3.05, 3.63) is 42.1 Å². The smallest absolute Gasteiger partial charge is 0.226 e. The van der Waals surface area contributed by atoms with Crippen molar-refractivity contribution in [2.24, 2.45) is 7.05 Å². The fraction of sp³-hybridized carbons (Fsp3) is 0.389. The van der Waals surface area contributed by atoms with Gasteiger partial charge in [-0.1, -0.05) is 30.3 Å². The quantitative estimate of drug-likeness (QED) is 0.758. The molecule has 0 saturated carbocycles. The third kappa shape index (κ3) is 3.41. The van der Waals surface area contributed by atoms with Crippen molar-refractivity contribution in [3.63, 3.8) is 0 Å². The molecule has 0 spiro atoms. The van der Waals surface area contributed by atoms with Crippen LogP contribution in [0.25, 0.3) is 11.0 Å². The number of aryl methyl sites for hydroxylation is 1. The van der Waals surface area contributed by atoms with E-state index in [4.69, 9.17) is 5.73 Å². The summed E-state index contributed by atoms with van der Waals surface area (Å²) < 4.78 is 1.72. The lowest BCUT2D eigenvalue weighted by Crippen LogP contribution is -2.41. The van der Waals surface area contributed by atoms with E-state index >= 15 is 0 Å². The van der Waals surface area contributed by atoms with Crippen molar-refractivity contribution in [1.82, 2.24) is 24.6 Å². The van der Waals surface area contributed by atoms with Crippen LogP contribution in [0, 0.1) is 0 Å². The van der Waals surface area contributed by atoms with Gasteiger partial charge in [-0.15, -0.1) is 0 Å². The molecule has 4 rings (SSSR count). The summed E-state index contributed by atoms with van der Waals surface area (Å²) >= 11 is 0. The average molecular weight is 337 g/mol. The largest absolute Gasteiger partial charge is 0.383 e. The highest BCUT2D eigenvalue weighted by Gasteiger charge is 2.21. The zero-order valence-electron chi connectivity index (χ0n) is 14.4. The number of nitrogen functional groups attached to an aromatic ring is 1. The second-order valence-electron chi connectivity index (χ2n) is 6.64. The van der Waals surface area contributed by atoms with E-state index in [1.165, 1.54) is 5.56 Å². The molecule has 0 amide bonds. The van der Waals surface area contributed by atoms with Crippen LogP contribution < -0.4 is 11.1 Å². The maximum absolute atomic E-state index is 6.05. The molecular formula is C18H23N7. The summed E-state index contributed by atoms with van der Waals surface area (Å²) in [6, 6.07) is 10.9. The van der Waals surface area contributed by atoms with Gasteiger partial charge in [0.05, 0.1) is 11.6 Å². The number of nitrogens with zero attached hydrogens (tertiary/aromatic N) is 5. The van der Waals surface area contributed by atoms with E-state index in [0.717, 1.165) is 43.5 Å². The number of rotatable bonds is 4. The van der Waals surface area contributed by atoms with Gasteiger partial charge in [0.1, 0.15) is 5.82 Å². The van der Waals surface area contributed by atoms with Gasteiger partial charge in [-0.05, 0) is 24.9 Å². The summed E-state index contributed by atoms with van der Waals surface area (Å²) in [6.45, 7) is 3.07. The summed E-state index contributed by atoms with van der Waals surface area (Å²) in [5.74, 6) is 1.05. The van der Waals surface area contributed by atoms with E-state index in [1.54, 1.807) is 10.9 Å². The Hall–Kier alpha value is -2.67. The molecule has 1 atom stereocenters. The lowest BCUT2D eigenvalue weighted by Gasteiger charge is -2.33. The number of benzene rings is 1. The summed E-state index contributed by atoms with van der Waals surface area (Å²) in [7, 11) is 1.86. The Kier molecular flexibility index (Phi) is 4.23. The van der Waals surface area contributed by atoms with E-state index in [1.807, 2.05) is 7.05 Å². The van der Waals surface area contributed by atoms with Crippen LogP contribution in [0.4, 0.5) is 11.8 Å². The molecule has 130 valence electrons. The monoisotopic (exact) mass is 337 g/mol. The molecule has 3 aromatic rings. The molecule has 1 unspecified atom stereocenters. The minimum Gasteiger partial charge on any atom is -0.383 e. The Morgan fingerprint density at radius 2 is 2.08 bits per heavy atom. The first kappa shape index (κ1) is 15.8. The molecule has 3 heterocycles. The van der Waals surface area contributed by atoms with Crippen molar-refractivity contribution in [2.45, 2.75) is 25.4 Å². The Morgan fingerprint density at radius 3 is 2.92 bits per heavy atom. The standard InChI is InChI=1S/C18H23N7/c1-24-17-15(10-20-24)16(19)22-18(23-17)21-14-8-5-9-25(12-14)11-13-6-3-2-4-7-13/h2-4,6-7,10,14H,5,8-9,11-12H2,1H3,(H3,19,21,22,23). The van der Waals surface area contributed by atoms with Crippen LogP contribution in [0.15, 0.2) is 36.5 Å². The van der Waals surface area contributed by atoms with E-state index in [2.05, 4.69) is 55.6 Å². The first-order chi connectivity index (χ1) is 12.2. The molecule has 0 radical (unpaired) electrons. The fourth-order valence-electron chi connectivity index (χ4n) is 3.45. The van der Waals surface area contributed by atoms with Crippen LogP contribution in [0.3, 0.4) is 0 Å². The number of anilines is 2. The van der Waals surface area contributed by atoms with Gasteiger partial charge in [-0.25, -0.2) is 0 Å². The summed E-state index contributed by atoms with van der Waals surface area (Å²) in [4.78, 5) is 11.5. The van der Waals surface area contributed by atoms with Crippen LogP contribution in [0.1, 0.15) is 18.4 Å². The Morgan fingerprint density at radius 1 is 1.24 bits per heavy atom. The van der Waals surface area contributed by atoms with Gasteiger partial charge in [0.15, 0.2) is 5.65 Å². The third-order valence-electron chi connectivity index (χ3n) is 4.71. The number of piperidine rings is 1. The van der Waals surface area contributed by atoms with Gasteiger partial charge in [0, 0.05) is 26.2 Å². The zero-order valence-corrected chi connectivity index (χ0v) is 14.4. The minimum absolute atomic E-state index is 0.322.